The van der Waals surface area contributed by atoms with Gasteiger partial charge in [-0.3, -0.25) is 4.90 Å². The van der Waals surface area contributed by atoms with Crippen LogP contribution in [0.2, 0.25) is 0 Å². The van der Waals surface area contributed by atoms with Crippen LogP contribution in [0.15, 0.2) is 0 Å². The third-order valence-corrected chi connectivity index (χ3v) is 4.78. The van der Waals surface area contributed by atoms with Gasteiger partial charge in [0.2, 0.25) is 0 Å². The summed E-state index contributed by atoms with van der Waals surface area (Å²) in [5.74, 6) is 0.845. The molecular formula is C14H28N2O. The van der Waals surface area contributed by atoms with E-state index in [-0.39, 0.29) is 0 Å². The zero-order valence-electron chi connectivity index (χ0n) is 11.7. The summed E-state index contributed by atoms with van der Waals surface area (Å²) in [7, 11) is 2.06. The summed E-state index contributed by atoms with van der Waals surface area (Å²) >= 11 is 0. The highest BCUT2D eigenvalue weighted by Gasteiger charge is 2.38. The second kappa shape index (κ2) is 5.68. The average molecular weight is 240 g/mol. The van der Waals surface area contributed by atoms with E-state index < -0.39 is 0 Å². The molecule has 0 aliphatic carbocycles. The number of likely N-dealkylation sites (tertiary alicyclic amines) is 1. The van der Waals surface area contributed by atoms with Crippen LogP contribution in [0, 0.1) is 11.3 Å². The zero-order chi connectivity index (χ0) is 12.3. The normalized spacial score (nSPS) is 39.7. The van der Waals surface area contributed by atoms with Gasteiger partial charge in [0.25, 0.3) is 0 Å². The highest BCUT2D eigenvalue weighted by atomic mass is 16.5. The van der Waals surface area contributed by atoms with Crippen molar-refractivity contribution in [3.05, 3.63) is 0 Å². The maximum absolute atomic E-state index is 5.65. The van der Waals surface area contributed by atoms with Crippen LogP contribution in [-0.4, -0.2) is 50.8 Å². The average Bonchev–Trinajstić information content (AvgIpc) is 2.74. The van der Waals surface area contributed by atoms with Gasteiger partial charge in [0.1, 0.15) is 0 Å². The maximum Gasteiger partial charge on any atom is 0.0547 e. The van der Waals surface area contributed by atoms with Crippen molar-refractivity contribution in [2.75, 3.05) is 39.9 Å². The minimum atomic E-state index is 0.361. The molecular weight excluding hydrogens is 212 g/mol. The Kier molecular flexibility index (Phi) is 4.45. The summed E-state index contributed by atoms with van der Waals surface area (Å²) in [6, 6.07) is 0.734. The molecule has 0 aromatic heterocycles. The molecule has 0 aromatic rings. The van der Waals surface area contributed by atoms with E-state index in [0.717, 1.165) is 31.7 Å². The van der Waals surface area contributed by atoms with Gasteiger partial charge in [-0.15, -0.1) is 0 Å². The van der Waals surface area contributed by atoms with E-state index in [0.29, 0.717) is 5.41 Å². The smallest absolute Gasteiger partial charge is 0.0547 e. The number of ether oxygens (including phenoxy) is 1. The first-order chi connectivity index (χ1) is 8.17. The van der Waals surface area contributed by atoms with E-state index in [1.165, 1.54) is 32.4 Å². The largest absolute Gasteiger partial charge is 0.381 e. The molecule has 0 bridgehead atoms. The maximum atomic E-state index is 5.65. The fourth-order valence-electron chi connectivity index (χ4n) is 3.42. The molecule has 3 nitrogen and oxygen atoms in total. The molecule has 0 saturated carbocycles. The van der Waals surface area contributed by atoms with Crippen LogP contribution in [0.3, 0.4) is 0 Å². The molecule has 2 saturated heterocycles. The van der Waals surface area contributed by atoms with Gasteiger partial charge in [0.05, 0.1) is 6.61 Å². The lowest BCUT2D eigenvalue weighted by Gasteiger charge is -2.42. The van der Waals surface area contributed by atoms with Gasteiger partial charge >= 0.3 is 0 Å². The second-order valence-electron chi connectivity index (χ2n) is 6.16. The molecule has 2 fully saturated rings. The Hall–Kier alpha value is -0.120. The highest BCUT2D eigenvalue weighted by molar-refractivity contribution is 4.91. The Morgan fingerprint density at radius 3 is 2.88 bits per heavy atom. The summed E-state index contributed by atoms with van der Waals surface area (Å²) in [4.78, 5) is 2.69. The Bertz CT molecular complexity index is 238. The first kappa shape index (κ1) is 13.3. The van der Waals surface area contributed by atoms with Gasteiger partial charge in [-0.25, -0.2) is 0 Å². The molecule has 0 amide bonds. The number of nitrogens with one attached hydrogen (secondary N) is 1. The van der Waals surface area contributed by atoms with Gasteiger partial charge in [-0.1, -0.05) is 6.92 Å². The number of hydrogen-bond donors (Lipinski definition) is 1. The quantitative estimate of drug-likeness (QED) is 0.810. The van der Waals surface area contributed by atoms with Crippen LogP contribution >= 0.6 is 0 Å². The monoisotopic (exact) mass is 240 g/mol. The summed E-state index contributed by atoms with van der Waals surface area (Å²) in [5, 5.41) is 3.36. The third kappa shape index (κ3) is 3.01. The summed E-state index contributed by atoms with van der Waals surface area (Å²) in [6.45, 7) is 10.2. The minimum Gasteiger partial charge on any atom is -0.381 e. The van der Waals surface area contributed by atoms with Crippen LogP contribution in [0.25, 0.3) is 0 Å². The van der Waals surface area contributed by atoms with E-state index in [4.69, 9.17) is 4.74 Å². The predicted octanol–water partition coefficient (Wildman–Crippen LogP) is 1.73. The molecule has 3 heteroatoms. The minimum absolute atomic E-state index is 0.361. The summed E-state index contributed by atoms with van der Waals surface area (Å²) < 4.78 is 5.65. The molecule has 2 rings (SSSR count). The first-order valence-electron chi connectivity index (χ1n) is 7.13. The molecule has 100 valence electrons. The van der Waals surface area contributed by atoms with Crippen LogP contribution in [-0.2, 0) is 4.74 Å². The molecule has 3 atom stereocenters. The lowest BCUT2D eigenvalue weighted by atomic mass is 9.83. The highest BCUT2D eigenvalue weighted by Crippen LogP contribution is 2.32. The summed E-state index contributed by atoms with van der Waals surface area (Å²) in [6.07, 6.45) is 3.97. The van der Waals surface area contributed by atoms with Crippen LogP contribution in [0.4, 0.5) is 0 Å². The van der Waals surface area contributed by atoms with E-state index in [2.05, 4.69) is 31.1 Å². The van der Waals surface area contributed by atoms with E-state index in [9.17, 15) is 0 Å². The van der Waals surface area contributed by atoms with Crippen molar-refractivity contribution < 1.29 is 4.74 Å². The van der Waals surface area contributed by atoms with Crippen molar-refractivity contribution >= 4 is 0 Å². The van der Waals surface area contributed by atoms with Crippen LogP contribution < -0.4 is 5.32 Å². The van der Waals surface area contributed by atoms with Crippen molar-refractivity contribution in [3.63, 3.8) is 0 Å². The van der Waals surface area contributed by atoms with Crippen molar-refractivity contribution in [1.82, 2.24) is 10.2 Å². The Morgan fingerprint density at radius 1 is 1.41 bits per heavy atom. The third-order valence-electron chi connectivity index (χ3n) is 4.78. The lowest BCUT2D eigenvalue weighted by Crippen LogP contribution is -2.50. The number of rotatable bonds is 4. The molecule has 0 spiro atoms. The number of hydrogen-bond acceptors (Lipinski definition) is 3. The zero-order valence-corrected chi connectivity index (χ0v) is 11.7. The fourth-order valence-corrected chi connectivity index (χ4v) is 3.42. The predicted molar refractivity (Wildman–Crippen MR) is 71.2 cm³/mol. The standard InChI is InChI=1S/C14H28N2O/c1-12-5-4-7-16(13(12)2)10-14(9-15-3)6-8-17-11-14/h12-13,15H,4-11H2,1-3H3. The van der Waals surface area contributed by atoms with Crippen molar-refractivity contribution in [1.29, 1.82) is 0 Å². The van der Waals surface area contributed by atoms with Crippen molar-refractivity contribution in [3.8, 4) is 0 Å². The molecule has 3 unspecified atom stereocenters. The summed E-state index contributed by atoms with van der Waals surface area (Å²) in [5.41, 5.74) is 0.361. The van der Waals surface area contributed by atoms with Gasteiger partial charge in [-0.05, 0) is 45.7 Å². The Balaban J connectivity index is 1.97. The molecule has 0 aromatic carbocycles. The number of piperidine rings is 1. The SMILES string of the molecule is CNCC1(CN2CCCC(C)C2C)CCOC1. The molecule has 1 N–H and O–H groups in total. The first-order valence-corrected chi connectivity index (χ1v) is 7.13. The van der Waals surface area contributed by atoms with Gasteiger partial charge in [-0.2, -0.15) is 0 Å². The van der Waals surface area contributed by atoms with Crippen LogP contribution in [0.1, 0.15) is 33.1 Å². The second-order valence-corrected chi connectivity index (χ2v) is 6.16. The fraction of sp³-hybridized carbons (Fsp3) is 1.00. The van der Waals surface area contributed by atoms with Crippen molar-refractivity contribution in [2.45, 2.75) is 39.2 Å². The van der Waals surface area contributed by atoms with E-state index in [1.807, 2.05) is 0 Å². The van der Waals surface area contributed by atoms with Gasteiger partial charge < -0.3 is 10.1 Å². The van der Waals surface area contributed by atoms with Gasteiger partial charge in [0, 0.05) is 31.2 Å². The van der Waals surface area contributed by atoms with E-state index >= 15 is 0 Å². The topological polar surface area (TPSA) is 24.5 Å². The number of nitrogens with zero attached hydrogens (tertiary/aromatic N) is 1. The van der Waals surface area contributed by atoms with E-state index in [1.54, 1.807) is 0 Å². The molecule has 0 radical (unpaired) electrons. The molecule has 2 aliphatic heterocycles. The lowest BCUT2D eigenvalue weighted by molar-refractivity contribution is 0.0506. The van der Waals surface area contributed by atoms with Crippen molar-refractivity contribution in [2.24, 2.45) is 11.3 Å². The Morgan fingerprint density at radius 2 is 2.24 bits per heavy atom. The van der Waals surface area contributed by atoms with Gasteiger partial charge in [0.15, 0.2) is 0 Å². The molecule has 17 heavy (non-hydrogen) atoms. The molecule has 2 aliphatic rings. The van der Waals surface area contributed by atoms with Crippen LogP contribution in [0.5, 0.6) is 0 Å². The molecule has 2 heterocycles. The Labute approximate surface area is 106 Å².